The van der Waals surface area contributed by atoms with Crippen LogP contribution in [0.4, 0.5) is 0 Å². The molecule has 0 saturated heterocycles. The van der Waals surface area contributed by atoms with E-state index in [4.69, 9.17) is 0 Å². The van der Waals surface area contributed by atoms with Gasteiger partial charge in [0.2, 0.25) is 0 Å². The molecule has 2 rings (SSSR count). The highest BCUT2D eigenvalue weighted by Crippen LogP contribution is 2.20. The fourth-order valence-electron chi connectivity index (χ4n) is 1.82. The standard InChI is InChI=1S/C16H19P/c1-2-3-13-17-16-11-9-15(10-12-16)14-7-5-4-6-8-14/h4-12,17H,2-3,13H2,1H3. The average molecular weight is 242 g/mol. The van der Waals surface area contributed by atoms with Gasteiger partial charge in [0, 0.05) is 0 Å². The predicted octanol–water partition coefficient (Wildman–Crippen LogP) is 4.46. The lowest BCUT2D eigenvalue weighted by atomic mass is 10.1. The minimum atomic E-state index is 0.965. The van der Waals surface area contributed by atoms with Gasteiger partial charge in [0.1, 0.15) is 0 Å². The van der Waals surface area contributed by atoms with E-state index < -0.39 is 0 Å². The zero-order valence-corrected chi connectivity index (χ0v) is 11.3. The molecule has 0 radical (unpaired) electrons. The van der Waals surface area contributed by atoms with Crippen LogP contribution in [0, 0.1) is 0 Å². The van der Waals surface area contributed by atoms with Crippen molar-refractivity contribution in [3.05, 3.63) is 54.6 Å². The Hall–Kier alpha value is -1.13. The lowest BCUT2D eigenvalue weighted by molar-refractivity contribution is 0.895. The van der Waals surface area contributed by atoms with Gasteiger partial charge in [0.05, 0.1) is 0 Å². The maximum Gasteiger partial charge on any atom is -0.0184 e. The van der Waals surface area contributed by atoms with E-state index in [0.29, 0.717) is 0 Å². The zero-order chi connectivity index (χ0) is 11.9. The van der Waals surface area contributed by atoms with E-state index in [1.54, 1.807) is 0 Å². The fraction of sp³-hybridized carbons (Fsp3) is 0.250. The number of hydrogen-bond acceptors (Lipinski definition) is 0. The molecule has 0 aliphatic rings. The van der Waals surface area contributed by atoms with E-state index in [1.165, 1.54) is 35.4 Å². The zero-order valence-electron chi connectivity index (χ0n) is 10.3. The molecule has 1 heteroatoms. The molecular weight excluding hydrogens is 223 g/mol. The van der Waals surface area contributed by atoms with Crippen LogP contribution >= 0.6 is 8.58 Å². The molecule has 0 aromatic heterocycles. The van der Waals surface area contributed by atoms with Gasteiger partial charge in [-0.15, -0.1) is 0 Å². The highest BCUT2D eigenvalue weighted by molar-refractivity contribution is 7.47. The Labute approximate surface area is 106 Å². The smallest absolute Gasteiger partial charge is 0.0184 e. The highest BCUT2D eigenvalue weighted by Gasteiger charge is 1.97. The van der Waals surface area contributed by atoms with E-state index >= 15 is 0 Å². The Morgan fingerprint density at radius 2 is 1.47 bits per heavy atom. The van der Waals surface area contributed by atoms with E-state index in [9.17, 15) is 0 Å². The molecular formula is C16H19P. The second-order valence-corrected chi connectivity index (χ2v) is 5.65. The molecule has 88 valence electrons. The third kappa shape index (κ3) is 3.68. The predicted molar refractivity (Wildman–Crippen MR) is 79.6 cm³/mol. The third-order valence-corrected chi connectivity index (χ3v) is 4.20. The lowest BCUT2D eigenvalue weighted by Gasteiger charge is -2.04. The summed E-state index contributed by atoms with van der Waals surface area (Å²) in [7, 11) is 0.965. The van der Waals surface area contributed by atoms with E-state index in [1.807, 2.05) is 0 Å². The van der Waals surface area contributed by atoms with Crippen molar-refractivity contribution in [1.29, 1.82) is 0 Å². The summed E-state index contributed by atoms with van der Waals surface area (Å²) in [6.45, 7) is 2.25. The molecule has 2 aromatic carbocycles. The minimum absolute atomic E-state index is 0.965. The number of unbranched alkanes of at least 4 members (excludes halogenated alkanes) is 1. The quantitative estimate of drug-likeness (QED) is 0.536. The Balaban J connectivity index is 2.03. The van der Waals surface area contributed by atoms with Crippen molar-refractivity contribution < 1.29 is 0 Å². The van der Waals surface area contributed by atoms with Gasteiger partial charge < -0.3 is 0 Å². The molecule has 17 heavy (non-hydrogen) atoms. The largest absolute Gasteiger partial charge is 0.0904 e. The first-order valence-corrected chi connectivity index (χ1v) is 7.50. The second-order valence-electron chi connectivity index (χ2n) is 4.22. The van der Waals surface area contributed by atoms with Crippen LogP contribution in [0.15, 0.2) is 54.6 Å². The molecule has 0 aliphatic carbocycles. The summed E-state index contributed by atoms with van der Waals surface area (Å²) in [6, 6.07) is 19.6. The van der Waals surface area contributed by atoms with Crippen LogP contribution in [0.2, 0.25) is 0 Å². The van der Waals surface area contributed by atoms with E-state index in [0.717, 1.165) is 8.58 Å². The van der Waals surface area contributed by atoms with Crippen LogP contribution in [0.5, 0.6) is 0 Å². The van der Waals surface area contributed by atoms with Gasteiger partial charge in [-0.3, -0.25) is 0 Å². The van der Waals surface area contributed by atoms with Crippen molar-refractivity contribution in [2.75, 3.05) is 6.16 Å². The van der Waals surface area contributed by atoms with Crippen molar-refractivity contribution in [2.24, 2.45) is 0 Å². The van der Waals surface area contributed by atoms with Gasteiger partial charge in [0.15, 0.2) is 0 Å². The molecule has 0 fully saturated rings. The maximum atomic E-state index is 2.27. The normalized spacial score (nSPS) is 11.1. The van der Waals surface area contributed by atoms with Crippen LogP contribution in [-0.4, -0.2) is 6.16 Å². The molecule has 2 aromatic rings. The van der Waals surface area contributed by atoms with Crippen LogP contribution in [0.25, 0.3) is 11.1 Å². The minimum Gasteiger partial charge on any atom is -0.0904 e. The summed E-state index contributed by atoms with van der Waals surface area (Å²) in [5.74, 6) is 0. The van der Waals surface area contributed by atoms with Crippen molar-refractivity contribution in [3.8, 4) is 11.1 Å². The van der Waals surface area contributed by atoms with Gasteiger partial charge in [-0.1, -0.05) is 76.5 Å². The molecule has 0 saturated carbocycles. The Kier molecular flexibility index (Phi) is 4.76. The molecule has 0 heterocycles. The summed E-state index contributed by atoms with van der Waals surface area (Å²) in [5, 5.41) is 1.48. The van der Waals surface area contributed by atoms with Crippen LogP contribution in [0.1, 0.15) is 19.8 Å². The molecule has 0 spiro atoms. The molecule has 0 amide bonds. The molecule has 0 nitrogen and oxygen atoms in total. The van der Waals surface area contributed by atoms with Gasteiger partial charge in [-0.2, -0.15) is 0 Å². The molecule has 0 bridgehead atoms. The molecule has 1 atom stereocenters. The number of rotatable bonds is 5. The first-order valence-electron chi connectivity index (χ1n) is 6.29. The monoisotopic (exact) mass is 242 g/mol. The van der Waals surface area contributed by atoms with E-state index in [-0.39, 0.29) is 0 Å². The number of hydrogen-bond donors (Lipinski definition) is 0. The summed E-state index contributed by atoms with van der Waals surface area (Å²) >= 11 is 0. The first-order chi connectivity index (χ1) is 8.40. The molecule has 1 unspecified atom stereocenters. The third-order valence-electron chi connectivity index (χ3n) is 2.85. The van der Waals surface area contributed by atoms with Gasteiger partial charge in [0.25, 0.3) is 0 Å². The van der Waals surface area contributed by atoms with Crippen LogP contribution in [0.3, 0.4) is 0 Å². The Bertz CT molecular complexity index is 431. The summed E-state index contributed by atoms with van der Waals surface area (Å²) < 4.78 is 0. The van der Waals surface area contributed by atoms with Crippen LogP contribution < -0.4 is 5.30 Å². The Morgan fingerprint density at radius 3 is 2.12 bits per heavy atom. The van der Waals surface area contributed by atoms with Crippen molar-refractivity contribution in [3.63, 3.8) is 0 Å². The highest BCUT2D eigenvalue weighted by atomic mass is 31.1. The molecule has 0 aliphatic heterocycles. The van der Waals surface area contributed by atoms with Crippen molar-refractivity contribution in [2.45, 2.75) is 19.8 Å². The first kappa shape index (κ1) is 12.3. The van der Waals surface area contributed by atoms with Crippen LogP contribution in [-0.2, 0) is 0 Å². The lowest BCUT2D eigenvalue weighted by Crippen LogP contribution is -1.94. The summed E-state index contributed by atoms with van der Waals surface area (Å²) in [4.78, 5) is 0. The van der Waals surface area contributed by atoms with Gasteiger partial charge >= 0.3 is 0 Å². The average Bonchev–Trinajstić information content (AvgIpc) is 2.41. The maximum absolute atomic E-state index is 2.27. The fourth-order valence-corrected chi connectivity index (χ4v) is 3.04. The molecule has 0 N–H and O–H groups in total. The summed E-state index contributed by atoms with van der Waals surface area (Å²) in [5.41, 5.74) is 2.62. The van der Waals surface area contributed by atoms with E-state index in [2.05, 4.69) is 61.5 Å². The summed E-state index contributed by atoms with van der Waals surface area (Å²) in [6.07, 6.45) is 3.98. The second kappa shape index (κ2) is 6.57. The van der Waals surface area contributed by atoms with Crippen molar-refractivity contribution in [1.82, 2.24) is 0 Å². The SMILES string of the molecule is CCCCPc1ccc(-c2ccccc2)cc1. The topological polar surface area (TPSA) is 0 Å². The van der Waals surface area contributed by atoms with Gasteiger partial charge in [-0.05, 0) is 29.0 Å². The van der Waals surface area contributed by atoms with Gasteiger partial charge in [-0.25, -0.2) is 0 Å². The number of benzene rings is 2. The Morgan fingerprint density at radius 1 is 0.824 bits per heavy atom. The van der Waals surface area contributed by atoms with Crippen molar-refractivity contribution >= 4 is 13.9 Å².